The molecule has 104 valence electrons. The first kappa shape index (κ1) is 14.4. The lowest BCUT2D eigenvalue weighted by Crippen LogP contribution is -2.14. The number of sulfone groups is 1. The molecule has 7 nitrogen and oxygen atoms in total. The molecule has 0 fully saturated rings. The predicted molar refractivity (Wildman–Crippen MR) is 72.3 cm³/mol. The van der Waals surface area contributed by atoms with Crippen molar-refractivity contribution in [3.05, 3.63) is 41.6 Å². The van der Waals surface area contributed by atoms with E-state index in [1.165, 1.54) is 30.7 Å². The molecule has 0 aliphatic heterocycles. The molecule has 2 heterocycles. The number of nitrogens with one attached hydrogen (secondary N) is 1. The number of hydrogen-bond donors (Lipinski definition) is 1. The summed E-state index contributed by atoms with van der Waals surface area (Å²) in [5.74, 6) is -0.520. The van der Waals surface area contributed by atoms with E-state index in [4.69, 9.17) is 11.6 Å². The van der Waals surface area contributed by atoms with Crippen LogP contribution in [0.4, 0.5) is 5.69 Å². The molecule has 0 aliphatic rings. The number of carbonyl (C=O) groups excluding carboxylic acids is 1. The number of amides is 1. The summed E-state index contributed by atoms with van der Waals surface area (Å²) >= 11 is 5.63. The van der Waals surface area contributed by atoms with Crippen LogP contribution in [0.5, 0.6) is 0 Å². The van der Waals surface area contributed by atoms with Gasteiger partial charge >= 0.3 is 0 Å². The number of carbonyl (C=O) groups is 1. The van der Waals surface area contributed by atoms with Gasteiger partial charge in [0, 0.05) is 6.26 Å². The van der Waals surface area contributed by atoms with Crippen LogP contribution in [0.2, 0.25) is 5.15 Å². The molecule has 2 rings (SSSR count). The van der Waals surface area contributed by atoms with E-state index in [-0.39, 0.29) is 15.9 Å². The minimum absolute atomic E-state index is 0.0460. The van der Waals surface area contributed by atoms with Gasteiger partial charge in [0.05, 0.1) is 24.3 Å². The SMILES string of the molecule is CS(=O)(=O)c1ccc(NC(=O)c2cncc(Cl)n2)cn1. The van der Waals surface area contributed by atoms with Crippen LogP contribution < -0.4 is 5.32 Å². The zero-order valence-corrected chi connectivity index (χ0v) is 11.8. The van der Waals surface area contributed by atoms with Crippen LogP contribution in [-0.2, 0) is 9.84 Å². The fourth-order valence-corrected chi connectivity index (χ4v) is 2.03. The summed E-state index contributed by atoms with van der Waals surface area (Å²) in [5.41, 5.74) is 0.383. The molecule has 1 amide bonds. The Morgan fingerprint density at radius 1 is 1.25 bits per heavy atom. The third-order valence-corrected chi connectivity index (χ3v) is 3.40. The average Bonchev–Trinajstić information content (AvgIpc) is 2.38. The lowest BCUT2D eigenvalue weighted by molar-refractivity contribution is 0.102. The van der Waals surface area contributed by atoms with E-state index in [1.54, 1.807) is 0 Å². The van der Waals surface area contributed by atoms with Crippen LogP contribution in [0.3, 0.4) is 0 Å². The van der Waals surface area contributed by atoms with Gasteiger partial charge in [-0.25, -0.2) is 18.4 Å². The Morgan fingerprint density at radius 2 is 2.00 bits per heavy atom. The number of halogens is 1. The Balaban J connectivity index is 2.16. The molecule has 0 aliphatic carbocycles. The maximum atomic E-state index is 11.8. The number of pyridine rings is 1. The van der Waals surface area contributed by atoms with Crippen molar-refractivity contribution in [2.75, 3.05) is 11.6 Å². The van der Waals surface area contributed by atoms with Crippen LogP contribution in [0.1, 0.15) is 10.5 Å². The Bertz CT molecular complexity index is 747. The molecule has 0 radical (unpaired) electrons. The first-order chi connectivity index (χ1) is 9.36. The molecular formula is C11H9ClN4O3S. The van der Waals surface area contributed by atoms with Gasteiger partial charge in [-0.05, 0) is 12.1 Å². The zero-order valence-electron chi connectivity index (χ0n) is 10.2. The van der Waals surface area contributed by atoms with Crippen molar-refractivity contribution < 1.29 is 13.2 Å². The fraction of sp³-hybridized carbons (Fsp3) is 0.0909. The summed E-state index contributed by atoms with van der Waals surface area (Å²) in [6.45, 7) is 0. The van der Waals surface area contributed by atoms with Crippen molar-refractivity contribution in [3.8, 4) is 0 Å². The van der Waals surface area contributed by atoms with Gasteiger partial charge in [-0.3, -0.25) is 9.78 Å². The summed E-state index contributed by atoms with van der Waals surface area (Å²) in [4.78, 5) is 23.1. The van der Waals surface area contributed by atoms with Crippen molar-refractivity contribution >= 4 is 33.0 Å². The molecule has 0 saturated heterocycles. The summed E-state index contributed by atoms with van der Waals surface area (Å²) in [7, 11) is -3.37. The van der Waals surface area contributed by atoms with E-state index in [1.807, 2.05) is 0 Å². The maximum Gasteiger partial charge on any atom is 0.275 e. The van der Waals surface area contributed by atoms with Gasteiger partial charge in [0.2, 0.25) is 0 Å². The molecule has 9 heteroatoms. The van der Waals surface area contributed by atoms with Gasteiger partial charge in [0.25, 0.3) is 5.91 Å². The molecule has 2 aromatic rings. The molecule has 0 atom stereocenters. The second-order valence-corrected chi connectivity index (χ2v) is 6.19. The van der Waals surface area contributed by atoms with Crippen LogP contribution in [-0.4, -0.2) is 35.5 Å². The van der Waals surface area contributed by atoms with Gasteiger partial charge in [0.15, 0.2) is 14.9 Å². The molecular weight excluding hydrogens is 304 g/mol. The van der Waals surface area contributed by atoms with Crippen molar-refractivity contribution in [1.82, 2.24) is 15.0 Å². The average molecular weight is 313 g/mol. The largest absolute Gasteiger partial charge is 0.319 e. The monoisotopic (exact) mass is 312 g/mol. The Kier molecular flexibility index (Phi) is 3.96. The number of nitrogens with zero attached hydrogens (tertiary/aromatic N) is 3. The summed E-state index contributed by atoms with van der Waals surface area (Å²) in [6.07, 6.45) is 4.86. The van der Waals surface area contributed by atoms with E-state index in [9.17, 15) is 13.2 Å². The van der Waals surface area contributed by atoms with E-state index in [0.717, 1.165) is 6.26 Å². The smallest absolute Gasteiger partial charge is 0.275 e. The third-order valence-electron chi connectivity index (χ3n) is 2.21. The highest BCUT2D eigenvalue weighted by molar-refractivity contribution is 7.90. The van der Waals surface area contributed by atoms with E-state index in [0.29, 0.717) is 5.69 Å². The molecule has 2 aromatic heterocycles. The minimum Gasteiger partial charge on any atom is -0.319 e. The molecule has 0 unspecified atom stereocenters. The molecule has 20 heavy (non-hydrogen) atoms. The van der Waals surface area contributed by atoms with Gasteiger partial charge in [-0.2, -0.15) is 0 Å². The highest BCUT2D eigenvalue weighted by Gasteiger charge is 2.11. The Hall–Kier alpha value is -2.06. The predicted octanol–water partition coefficient (Wildman–Crippen LogP) is 1.18. The van der Waals surface area contributed by atoms with Gasteiger partial charge in [0.1, 0.15) is 10.8 Å². The highest BCUT2D eigenvalue weighted by atomic mass is 35.5. The van der Waals surface area contributed by atoms with Crippen molar-refractivity contribution in [1.29, 1.82) is 0 Å². The van der Waals surface area contributed by atoms with E-state index >= 15 is 0 Å². The minimum atomic E-state index is -3.37. The summed E-state index contributed by atoms with van der Waals surface area (Å²) in [6, 6.07) is 2.73. The van der Waals surface area contributed by atoms with Crippen LogP contribution in [0.15, 0.2) is 35.7 Å². The molecule has 0 saturated carbocycles. The molecule has 0 aromatic carbocycles. The van der Waals surface area contributed by atoms with Crippen molar-refractivity contribution in [2.24, 2.45) is 0 Å². The standard InChI is InChI=1S/C11H9ClN4O3S/c1-20(18,19)10-3-2-7(4-14-10)15-11(17)8-5-13-6-9(12)16-8/h2-6H,1H3,(H,15,17). The summed E-state index contributed by atoms with van der Waals surface area (Å²) in [5, 5.41) is 2.54. The third kappa shape index (κ3) is 3.49. The van der Waals surface area contributed by atoms with Gasteiger partial charge < -0.3 is 5.32 Å². The Morgan fingerprint density at radius 3 is 2.55 bits per heavy atom. The maximum absolute atomic E-state index is 11.8. The molecule has 0 bridgehead atoms. The normalized spacial score (nSPS) is 11.1. The Labute approximate surface area is 120 Å². The molecule has 0 spiro atoms. The lowest BCUT2D eigenvalue weighted by Gasteiger charge is -2.04. The second-order valence-electron chi connectivity index (χ2n) is 3.84. The molecule has 1 N–H and O–H groups in total. The number of hydrogen-bond acceptors (Lipinski definition) is 6. The van der Waals surface area contributed by atoms with E-state index < -0.39 is 15.7 Å². The number of rotatable bonds is 3. The van der Waals surface area contributed by atoms with Crippen molar-refractivity contribution in [2.45, 2.75) is 5.03 Å². The van der Waals surface area contributed by atoms with Gasteiger partial charge in [-0.1, -0.05) is 11.6 Å². The quantitative estimate of drug-likeness (QED) is 0.913. The van der Waals surface area contributed by atoms with Gasteiger partial charge in [-0.15, -0.1) is 0 Å². The summed E-state index contributed by atoms with van der Waals surface area (Å²) < 4.78 is 22.5. The first-order valence-electron chi connectivity index (χ1n) is 5.31. The number of anilines is 1. The van der Waals surface area contributed by atoms with E-state index in [2.05, 4.69) is 20.3 Å². The van der Waals surface area contributed by atoms with Crippen LogP contribution in [0, 0.1) is 0 Å². The van der Waals surface area contributed by atoms with Crippen LogP contribution in [0.25, 0.3) is 0 Å². The fourth-order valence-electron chi connectivity index (χ4n) is 1.32. The first-order valence-corrected chi connectivity index (χ1v) is 7.58. The lowest BCUT2D eigenvalue weighted by atomic mass is 10.3. The second kappa shape index (κ2) is 5.51. The van der Waals surface area contributed by atoms with Crippen LogP contribution >= 0.6 is 11.6 Å². The number of aromatic nitrogens is 3. The van der Waals surface area contributed by atoms with Crippen molar-refractivity contribution in [3.63, 3.8) is 0 Å². The highest BCUT2D eigenvalue weighted by Crippen LogP contribution is 2.11. The topological polar surface area (TPSA) is 102 Å². The zero-order chi connectivity index (χ0) is 14.8.